The third kappa shape index (κ3) is 7.69. The summed E-state index contributed by atoms with van der Waals surface area (Å²) in [4.78, 5) is 23.9. The van der Waals surface area contributed by atoms with Gasteiger partial charge in [0.05, 0.1) is 16.7 Å². The Morgan fingerprint density at radius 3 is 2.49 bits per heavy atom. The van der Waals surface area contributed by atoms with Crippen LogP contribution in [0.1, 0.15) is 64.6 Å². The van der Waals surface area contributed by atoms with E-state index in [2.05, 4.69) is 19.7 Å². The molecule has 1 heterocycles. The lowest BCUT2D eigenvalue weighted by Gasteiger charge is -2.31. The van der Waals surface area contributed by atoms with Crippen molar-refractivity contribution in [3.8, 4) is 5.75 Å². The number of ether oxygens (including phenoxy) is 1. The second-order valence-electron chi connectivity index (χ2n) is 7.97. The number of imidazole rings is 1. The number of nitrogens with one attached hydrogen (secondary N) is 1. The van der Waals surface area contributed by atoms with E-state index >= 15 is 0 Å². The van der Waals surface area contributed by atoms with Crippen LogP contribution in [0.3, 0.4) is 0 Å². The van der Waals surface area contributed by atoms with Crippen molar-refractivity contribution in [1.82, 2.24) is 14.9 Å². The van der Waals surface area contributed by atoms with Crippen LogP contribution >= 0.6 is 0 Å². The summed E-state index contributed by atoms with van der Waals surface area (Å²) in [5.74, 6) is -0.346. The number of hydrogen-bond acceptors (Lipinski definition) is 4. The average molecular weight is 501 g/mol. The Bertz CT molecular complexity index is 1040. The van der Waals surface area contributed by atoms with Crippen molar-refractivity contribution >= 4 is 23.1 Å². The predicted molar refractivity (Wildman–Crippen MR) is 126 cm³/mol. The van der Waals surface area contributed by atoms with Crippen LogP contribution in [0.5, 0.6) is 5.75 Å². The highest BCUT2D eigenvalue weighted by Crippen LogP contribution is 2.36. The van der Waals surface area contributed by atoms with Crippen molar-refractivity contribution in [3.63, 3.8) is 0 Å². The third-order valence-electron chi connectivity index (χ3n) is 5.71. The number of allylic oxidation sites excluding steroid dienone is 2. The van der Waals surface area contributed by atoms with E-state index < -0.39 is 18.4 Å². The fraction of sp³-hybridized carbons (Fsp3) is 0.542. The normalized spacial score (nSPS) is 19.2. The molecule has 35 heavy (non-hydrogen) atoms. The second kappa shape index (κ2) is 12.6. The minimum atomic E-state index is -4.77. The first-order valence-corrected chi connectivity index (χ1v) is 11.7. The predicted octanol–water partition coefficient (Wildman–Crippen LogP) is 7.03. The molecule has 0 radical (unpaired) electrons. The highest BCUT2D eigenvalue weighted by molar-refractivity contribution is 5.95. The second-order valence-corrected chi connectivity index (χ2v) is 7.97. The molecule has 11 heteroatoms. The van der Waals surface area contributed by atoms with Crippen molar-refractivity contribution in [1.29, 1.82) is 0 Å². The van der Waals surface area contributed by atoms with Crippen molar-refractivity contribution < 1.29 is 32.2 Å². The van der Waals surface area contributed by atoms with E-state index in [1.807, 2.05) is 13.8 Å². The van der Waals surface area contributed by atoms with Gasteiger partial charge in [-0.1, -0.05) is 26.8 Å². The van der Waals surface area contributed by atoms with Crippen molar-refractivity contribution in [2.75, 3.05) is 13.6 Å². The number of aromatic amines is 1. The number of nitrogens with zero attached hydrogens (tertiary/aromatic N) is 3. The van der Waals surface area contributed by atoms with E-state index in [0.717, 1.165) is 17.7 Å². The molecule has 194 valence electrons. The van der Waals surface area contributed by atoms with Gasteiger partial charge in [-0.3, -0.25) is 9.89 Å². The zero-order valence-corrected chi connectivity index (χ0v) is 20.3. The fourth-order valence-electron chi connectivity index (χ4n) is 4.17. The van der Waals surface area contributed by atoms with E-state index in [9.17, 15) is 27.5 Å². The summed E-state index contributed by atoms with van der Waals surface area (Å²) in [6, 6.07) is 3.96. The highest BCUT2D eigenvalue weighted by atomic mass is 19.4. The lowest BCUT2D eigenvalue weighted by atomic mass is 9.81. The van der Waals surface area contributed by atoms with Crippen LogP contribution in [0.25, 0.3) is 11.0 Å². The maximum atomic E-state index is 14.1. The average Bonchev–Trinajstić information content (AvgIpc) is 3.24. The Labute approximate surface area is 201 Å². The molecule has 7 nitrogen and oxygen atoms in total. The monoisotopic (exact) mass is 500 g/mol. The van der Waals surface area contributed by atoms with Crippen LogP contribution < -0.4 is 4.74 Å². The van der Waals surface area contributed by atoms with Crippen LogP contribution in [0.2, 0.25) is 0 Å². The van der Waals surface area contributed by atoms with Gasteiger partial charge in [-0.15, -0.1) is 13.2 Å². The molecule has 2 aromatic rings. The number of halogens is 4. The van der Waals surface area contributed by atoms with Crippen LogP contribution in [0, 0.1) is 5.92 Å². The number of aromatic nitrogens is 2. The van der Waals surface area contributed by atoms with Gasteiger partial charge >= 0.3 is 12.5 Å². The Morgan fingerprint density at radius 1 is 1.29 bits per heavy atom. The Balaban J connectivity index is 0.00000210. The molecule has 1 amide bonds. The fourth-order valence-corrected chi connectivity index (χ4v) is 4.17. The maximum Gasteiger partial charge on any atom is 0.573 e. The summed E-state index contributed by atoms with van der Waals surface area (Å²) in [5, 5.41) is 9.62. The van der Waals surface area contributed by atoms with Crippen LogP contribution in [0.4, 0.5) is 22.4 Å². The van der Waals surface area contributed by atoms with Crippen molar-refractivity contribution in [2.24, 2.45) is 10.9 Å². The molecule has 3 rings (SSSR count). The zero-order valence-electron chi connectivity index (χ0n) is 20.3. The summed E-state index contributed by atoms with van der Waals surface area (Å²) < 4.78 is 55.5. The molecule has 1 aliphatic carbocycles. The summed E-state index contributed by atoms with van der Waals surface area (Å²) in [6.45, 7) is 5.95. The van der Waals surface area contributed by atoms with Gasteiger partial charge in [-0.25, -0.2) is 9.78 Å². The van der Waals surface area contributed by atoms with E-state index in [0.29, 0.717) is 36.1 Å². The Morgan fingerprint density at radius 2 is 1.94 bits per heavy atom. The number of aliphatic imine (C=N–C) groups is 1. The first kappa shape index (κ1) is 28.1. The van der Waals surface area contributed by atoms with Gasteiger partial charge < -0.3 is 14.8 Å². The molecule has 0 unspecified atom stereocenters. The van der Waals surface area contributed by atoms with E-state index in [1.54, 1.807) is 6.92 Å². The quantitative estimate of drug-likeness (QED) is 0.315. The van der Waals surface area contributed by atoms with Crippen molar-refractivity contribution in [3.05, 3.63) is 35.8 Å². The Kier molecular flexibility index (Phi) is 10.1. The van der Waals surface area contributed by atoms with Crippen molar-refractivity contribution in [2.45, 2.75) is 65.2 Å². The number of alkyl halides is 3. The summed E-state index contributed by atoms with van der Waals surface area (Å²) in [5.41, 5.74) is 0.959. The number of benzene rings is 1. The molecule has 0 atom stereocenters. The largest absolute Gasteiger partial charge is 0.573 e. The summed E-state index contributed by atoms with van der Waals surface area (Å²) in [6.07, 6.45) is -1.16. The van der Waals surface area contributed by atoms with Gasteiger partial charge in [-0.05, 0) is 50.2 Å². The minimum Gasteiger partial charge on any atom is -0.465 e. The van der Waals surface area contributed by atoms with Gasteiger partial charge in [0.1, 0.15) is 11.6 Å². The van der Waals surface area contributed by atoms with E-state index in [4.69, 9.17) is 0 Å². The van der Waals surface area contributed by atoms with Crippen LogP contribution in [0.15, 0.2) is 35.0 Å². The molecule has 1 saturated carbocycles. The number of rotatable bonds is 7. The van der Waals surface area contributed by atoms with Gasteiger partial charge in [0.2, 0.25) is 5.97 Å². The molecule has 1 aromatic heterocycles. The summed E-state index contributed by atoms with van der Waals surface area (Å²) >= 11 is 0. The lowest BCUT2D eigenvalue weighted by molar-refractivity contribution is -0.274. The Hall–Kier alpha value is -3.11. The van der Waals surface area contributed by atoms with Gasteiger partial charge in [0.25, 0.3) is 0 Å². The molecule has 0 aliphatic heterocycles. The number of carbonyl (C=O) groups is 1. The number of hydrogen-bond donors (Lipinski definition) is 2. The number of amides is 1. The molecule has 0 bridgehead atoms. The molecule has 1 aromatic carbocycles. The highest BCUT2D eigenvalue weighted by Gasteiger charge is 2.32. The lowest BCUT2D eigenvalue weighted by Crippen LogP contribution is -2.36. The molecular weight excluding hydrogens is 468 g/mol. The topological polar surface area (TPSA) is 90.8 Å². The smallest absolute Gasteiger partial charge is 0.465 e. The SMILES string of the molecule is CC.CC/C=C(\C(F)=NC)N(CC1CCC(c2nc3ccc(OC(F)(F)F)cc3[nH]2)CC1)C(=O)O. The first-order chi connectivity index (χ1) is 16.6. The first-order valence-electron chi connectivity index (χ1n) is 11.7. The molecule has 0 spiro atoms. The molecule has 2 N–H and O–H groups in total. The van der Waals surface area contributed by atoms with Gasteiger partial charge in [0, 0.05) is 25.6 Å². The summed E-state index contributed by atoms with van der Waals surface area (Å²) in [7, 11) is 1.27. The number of fused-ring (bicyclic) bond motifs is 1. The molecule has 1 fully saturated rings. The van der Waals surface area contributed by atoms with Crippen LogP contribution in [-0.4, -0.2) is 52.0 Å². The van der Waals surface area contributed by atoms with E-state index in [1.165, 1.54) is 31.3 Å². The zero-order chi connectivity index (χ0) is 26.2. The molecule has 1 aliphatic rings. The maximum absolute atomic E-state index is 14.1. The molecular formula is C24H32F4N4O3. The standard InChI is InChI=1S/C22H26F4N4O3.C2H6/c1-3-4-18(19(23)27-2)30(21(31)32)12-13-5-7-14(8-6-13)20-28-16-10-9-15(11-17(16)29-20)33-22(24,25)26;1-2/h4,9-11,13-14H,3,5-8,12H2,1-2H3,(H,28,29)(H,31,32);1-2H3/b18-4+,27-19?;. The third-order valence-corrected chi connectivity index (χ3v) is 5.71. The number of H-pyrrole nitrogens is 1. The van der Waals surface area contributed by atoms with E-state index in [-0.39, 0.29) is 29.8 Å². The van der Waals surface area contributed by atoms with Gasteiger partial charge in [0.15, 0.2) is 0 Å². The van der Waals surface area contributed by atoms with Crippen LogP contribution in [-0.2, 0) is 0 Å². The minimum absolute atomic E-state index is 0.0382. The molecule has 0 saturated heterocycles. The number of carboxylic acid groups (broad SMARTS) is 1. The van der Waals surface area contributed by atoms with Gasteiger partial charge in [-0.2, -0.15) is 4.39 Å².